The van der Waals surface area contributed by atoms with E-state index in [1.807, 2.05) is 6.92 Å². The number of ether oxygens (including phenoxy) is 1. The van der Waals surface area contributed by atoms with Crippen LogP contribution in [0.25, 0.3) is 0 Å². The third-order valence-corrected chi connectivity index (χ3v) is 2.79. The molecular formula is C10H17NO4. The van der Waals surface area contributed by atoms with Crippen LogP contribution >= 0.6 is 0 Å². The summed E-state index contributed by atoms with van der Waals surface area (Å²) in [5.74, 6) is -1.01. The highest BCUT2D eigenvalue weighted by Crippen LogP contribution is 2.24. The second kappa shape index (κ2) is 5.11. The molecule has 0 spiro atoms. The summed E-state index contributed by atoms with van der Waals surface area (Å²) in [5.41, 5.74) is 0. The third-order valence-electron chi connectivity index (χ3n) is 2.79. The summed E-state index contributed by atoms with van der Waals surface area (Å²) in [5, 5.41) is 9.00. The average molecular weight is 215 g/mol. The third kappa shape index (κ3) is 2.68. The number of likely N-dealkylation sites (tertiary alicyclic amines) is 1. The predicted octanol–water partition coefficient (Wildman–Crippen LogP) is 0.344. The quantitative estimate of drug-likeness (QED) is 0.734. The molecule has 5 heteroatoms. The number of aliphatic carboxylic acids is 1. The van der Waals surface area contributed by atoms with E-state index in [1.54, 1.807) is 0 Å². The van der Waals surface area contributed by atoms with Gasteiger partial charge in [-0.3, -0.25) is 4.79 Å². The van der Waals surface area contributed by atoms with Crippen molar-refractivity contribution in [2.75, 3.05) is 20.3 Å². The van der Waals surface area contributed by atoms with Crippen LogP contribution < -0.4 is 0 Å². The van der Waals surface area contributed by atoms with Crippen molar-refractivity contribution in [1.29, 1.82) is 0 Å². The molecule has 86 valence electrons. The minimum atomic E-state index is -0.911. The van der Waals surface area contributed by atoms with E-state index < -0.39 is 12.0 Å². The van der Waals surface area contributed by atoms with Crippen molar-refractivity contribution in [2.45, 2.75) is 25.8 Å². The fourth-order valence-electron chi connectivity index (χ4n) is 1.94. The van der Waals surface area contributed by atoms with Crippen LogP contribution in [0.2, 0.25) is 0 Å². The highest BCUT2D eigenvalue weighted by atomic mass is 16.5. The number of carbonyl (C=O) groups is 2. The molecule has 1 fully saturated rings. The van der Waals surface area contributed by atoms with Crippen LogP contribution in [0.5, 0.6) is 0 Å². The van der Waals surface area contributed by atoms with Gasteiger partial charge in [0.2, 0.25) is 5.91 Å². The number of hydrogen-bond acceptors (Lipinski definition) is 3. The molecule has 0 aromatic heterocycles. The van der Waals surface area contributed by atoms with E-state index in [4.69, 9.17) is 9.84 Å². The van der Waals surface area contributed by atoms with E-state index in [0.29, 0.717) is 13.2 Å². The van der Waals surface area contributed by atoms with E-state index in [9.17, 15) is 9.59 Å². The van der Waals surface area contributed by atoms with Gasteiger partial charge in [-0.1, -0.05) is 6.92 Å². The summed E-state index contributed by atoms with van der Waals surface area (Å²) in [6.07, 6.45) is 1.02. The Morgan fingerprint density at radius 3 is 2.73 bits per heavy atom. The molecule has 0 aliphatic carbocycles. The first-order valence-electron chi connectivity index (χ1n) is 5.09. The van der Waals surface area contributed by atoms with Gasteiger partial charge in [0.05, 0.1) is 13.0 Å². The number of carboxylic acid groups (broad SMARTS) is 1. The molecular weight excluding hydrogens is 198 g/mol. The minimum Gasteiger partial charge on any atom is -0.480 e. The number of nitrogens with zero attached hydrogens (tertiary/aromatic N) is 1. The van der Waals surface area contributed by atoms with Crippen molar-refractivity contribution >= 4 is 11.9 Å². The molecule has 1 N–H and O–H groups in total. The molecule has 1 heterocycles. The summed E-state index contributed by atoms with van der Waals surface area (Å²) in [6, 6.07) is -0.658. The van der Waals surface area contributed by atoms with Gasteiger partial charge >= 0.3 is 5.97 Å². The number of rotatable bonds is 4. The standard InChI is InChI=1S/C10H17NO4/c1-7-3-5-11(9(7)10(13)14)8(12)4-6-15-2/h7,9H,3-6H2,1-2H3,(H,13,14). The fraction of sp³-hybridized carbons (Fsp3) is 0.800. The molecule has 0 bridgehead atoms. The van der Waals surface area contributed by atoms with Crippen molar-refractivity contribution in [3.63, 3.8) is 0 Å². The van der Waals surface area contributed by atoms with Crippen molar-refractivity contribution in [3.8, 4) is 0 Å². The Labute approximate surface area is 89.0 Å². The second-order valence-electron chi connectivity index (χ2n) is 3.88. The number of methoxy groups -OCH3 is 1. The molecule has 0 saturated carbocycles. The van der Waals surface area contributed by atoms with Crippen LogP contribution in [-0.4, -0.2) is 48.2 Å². The lowest BCUT2D eigenvalue weighted by atomic mass is 10.0. The van der Waals surface area contributed by atoms with Gasteiger partial charge in [-0.25, -0.2) is 4.79 Å². The van der Waals surface area contributed by atoms with E-state index in [0.717, 1.165) is 6.42 Å². The summed E-state index contributed by atoms with van der Waals surface area (Å²) in [6.45, 7) is 2.75. The lowest BCUT2D eigenvalue weighted by Gasteiger charge is -2.23. The van der Waals surface area contributed by atoms with Crippen LogP contribution in [0.15, 0.2) is 0 Å². The van der Waals surface area contributed by atoms with Gasteiger partial charge in [0.25, 0.3) is 0 Å². The van der Waals surface area contributed by atoms with Crippen LogP contribution in [0.4, 0.5) is 0 Å². The summed E-state index contributed by atoms with van der Waals surface area (Å²) in [4.78, 5) is 24.1. The number of amides is 1. The molecule has 1 rings (SSSR count). The molecule has 0 radical (unpaired) electrons. The maximum atomic E-state index is 11.6. The molecule has 0 aromatic carbocycles. The fourth-order valence-corrected chi connectivity index (χ4v) is 1.94. The number of carbonyl (C=O) groups excluding carboxylic acids is 1. The Balaban J connectivity index is 2.60. The lowest BCUT2D eigenvalue weighted by molar-refractivity contribution is -0.149. The van der Waals surface area contributed by atoms with Crippen molar-refractivity contribution in [3.05, 3.63) is 0 Å². The molecule has 2 atom stereocenters. The van der Waals surface area contributed by atoms with Crippen molar-refractivity contribution in [2.24, 2.45) is 5.92 Å². The van der Waals surface area contributed by atoms with E-state index >= 15 is 0 Å². The Morgan fingerprint density at radius 1 is 1.53 bits per heavy atom. The monoisotopic (exact) mass is 215 g/mol. The number of hydrogen-bond donors (Lipinski definition) is 1. The van der Waals surface area contributed by atoms with Gasteiger partial charge in [0, 0.05) is 13.7 Å². The van der Waals surface area contributed by atoms with Gasteiger partial charge in [-0.2, -0.15) is 0 Å². The zero-order valence-electron chi connectivity index (χ0n) is 9.10. The van der Waals surface area contributed by atoms with Gasteiger partial charge in [-0.05, 0) is 12.3 Å². The second-order valence-corrected chi connectivity index (χ2v) is 3.88. The largest absolute Gasteiger partial charge is 0.480 e. The molecule has 2 unspecified atom stereocenters. The highest BCUT2D eigenvalue weighted by Gasteiger charge is 2.38. The summed E-state index contributed by atoms with van der Waals surface area (Å²) >= 11 is 0. The molecule has 1 aliphatic rings. The Kier molecular flexibility index (Phi) is 4.08. The van der Waals surface area contributed by atoms with Crippen LogP contribution in [0.3, 0.4) is 0 Å². The molecule has 1 aliphatic heterocycles. The summed E-state index contributed by atoms with van der Waals surface area (Å²) in [7, 11) is 1.52. The zero-order chi connectivity index (χ0) is 11.4. The molecule has 1 saturated heterocycles. The van der Waals surface area contributed by atoms with Crippen LogP contribution in [0.1, 0.15) is 19.8 Å². The number of carboxylic acids is 1. The first kappa shape index (κ1) is 12.0. The maximum Gasteiger partial charge on any atom is 0.326 e. The van der Waals surface area contributed by atoms with Gasteiger partial charge in [0.1, 0.15) is 6.04 Å². The van der Waals surface area contributed by atoms with E-state index in [1.165, 1.54) is 12.0 Å². The summed E-state index contributed by atoms with van der Waals surface area (Å²) < 4.78 is 4.80. The normalized spacial score (nSPS) is 25.6. The van der Waals surface area contributed by atoms with E-state index in [-0.39, 0.29) is 18.2 Å². The minimum absolute atomic E-state index is 0.0361. The first-order valence-corrected chi connectivity index (χ1v) is 5.09. The average Bonchev–Trinajstić information content (AvgIpc) is 2.56. The first-order chi connectivity index (χ1) is 7.07. The van der Waals surface area contributed by atoms with E-state index in [2.05, 4.69) is 0 Å². The van der Waals surface area contributed by atoms with Crippen molar-refractivity contribution in [1.82, 2.24) is 4.90 Å². The predicted molar refractivity (Wildman–Crippen MR) is 53.4 cm³/mol. The van der Waals surface area contributed by atoms with Gasteiger partial charge in [-0.15, -0.1) is 0 Å². The van der Waals surface area contributed by atoms with Gasteiger partial charge in [0.15, 0.2) is 0 Å². The topological polar surface area (TPSA) is 66.8 Å². The molecule has 15 heavy (non-hydrogen) atoms. The Hall–Kier alpha value is -1.10. The molecule has 0 aromatic rings. The maximum absolute atomic E-state index is 11.6. The molecule has 5 nitrogen and oxygen atoms in total. The van der Waals surface area contributed by atoms with Crippen LogP contribution in [0, 0.1) is 5.92 Å². The van der Waals surface area contributed by atoms with Crippen LogP contribution in [-0.2, 0) is 14.3 Å². The zero-order valence-corrected chi connectivity index (χ0v) is 9.10. The molecule has 1 amide bonds. The SMILES string of the molecule is COCCC(=O)N1CCC(C)C1C(=O)O. The Bertz CT molecular complexity index is 254. The Morgan fingerprint density at radius 2 is 2.20 bits per heavy atom. The van der Waals surface area contributed by atoms with Gasteiger partial charge < -0.3 is 14.7 Å². The smallest absolute Gasteiger partial charge is 0.326 e. The highest BCUT2D eigenvalue weighted by molar-refractivity contribution is 5.84. The van der Waals surface area contributed by atoms with Crippen molar-refractivity contribution < 1.29 is 19.4 Å². The lowest BCUT2D eigenvalue weighted by Crippen LogP contribution is -2.43.